The molecule has 0 radical (unpaired) electrons. The van der Waals surface area contributed by atoms with Gasteiger partial charge in [0.15, 0.2) is 0 Å². The van der Waals surface area contributed by atoms with E-state index in [1.165, 1.54) is 0 Å². The lowest BCUT2D eigenvalue weighted by Crippen LogP contribution is -2.40. The Kier molecular flexibility index (Phi) is 6.32. The summed E-state index contributed by atoms with van der Waals surface area (Å²) in [5.74, 6) is -0.262. The summed E-state index contributed by atoms with van der Waals surface area (Å²) in [6, 6.07) is 12.4. The number of anilines is 2. The van der Waals surface area contributed by atoms with Gasteiger partial charge in [-0.05, 0) is 36.2 Å². The van der Waals surface area contributed by atoms with Gasteiger partial charge in [0, 0.05) is 30.9 Å². The van der Waals surface area contributed by atoms with Gasteiger partial charge in [0.2, 0.25) is 5.91 Å². The molecule has 2 amide bonds. The van der Waals surface area contributed by atoms with Crippen molar-refractivity contribution in [3.8, 4) is 0 Å². The van der Waals surface area contributed by atoms with Crippen molar-refractivity contribution in [1.82, 2.24) is 4.90 Å². The Bertz CT molecular complexity index is 835. The van der Waals surface area contributed by atoms with E-state index >= 15 is 0 Å². The zero-order valence-corrected chi connectivity index (χ0v) is 15.7. The molecule has 3 N–H and O–H groups in total. The number of rotatable bonds is 5. The molecule has 1 fully saturated rings. The standard InChI is InChI=1S/C20H22ClN3O3/c21-17-13-15(6-7-16(17)20(26)24-9-11-27-12-10-24)23-19(25)8-5-14-3-1-2-4-18(14)22/h1-4,6-7,13H,5,8-12,22H2,(H,23,25). The number of carbonyl (C=O) groups excluding carboxylic acids is 2. The van der Waals surface area contributed by atoms with Crippen LogP contribution in [0.2, 0.25) is 5.02 Å². The van der Waals surface area contributed by atoms with E-state index in [1.54, 1.807) is 23.1 Å². The number of amides is 2. The number of para-hydroxylation sites is 1. The van der Waals surface area contributed by atoms with E-state index in [0.29, 0.717) is 61.1 Å². The first-order valence-electron chi connectivity index (χ1n) is 8.84. The van der Waals surface area contributed by atoms with Crippen LogP contribution >= 0.6 is 11.6 Å². The number of nitrogens with one attached hydrogen (secondary N) is 1. The zero-order valence-electron chi connectivity index (χ0n) is 14.9. The molecule has 0 saturated carbocycles. The predicted molar refractivity (Wildman–Crippen MR) is 106 cm³/mol. The average molecular weight is 388 g/mol. The quantitative estimate of drug-likeness (QED) is 0.772. The summed E-state index contributed by atoms with van der Waals surface area (Å²) in [6.07, 6.45) is 0.861. The fourth-order valence-corrected chi connectivity index (χ4v) is 3.20. The van der Waals surface area contributed by atoms with E-state index in [-0.39, 0.29) is 11.8 Å². The minimum atomic E-state index is -0.137. The fraction of sp³-hybridized carbons (Fsp3) is 0.300. The molecule has 6 nitrogen and oxygen atoms in total. The normalized spacial score (nSPS) is 14.0. The minimum Gasteiger partial charge on any atom is -0.399 e. The van der Waals surface area contributed by atoms with Crippen molar-refractivity contribution in [3.05, 3.63) is 58.6 Å². The van der Waals surface area contributed by atoms with Gasteiger partial charge in [-0.3, -0.25) is 9.59 Å². The highest BCUT2D eigenvalue weighted by molar-refractivity contribution is 6.34. The van der Waals surface area contributed by atoms with Gasteiger partial charge in [-0.25, -0.2) is 0 Å². The Balaban J connectivity index is 1.59. The third kappa shape index (κ3) is 4.99. The van der Waals surface area contributed by atoms with Crippen LogP contribution in [0.15, 0.2) is 42.5 Å². The molecule has 0 atom stereocenters. The maximum absolute atomic E-state index is 12.5. The number of benzene rings is 2. The Hall–Kier alpha value is -2.57. The van der Waals surface area contributed by atoms with E-state index in [4.69, 9.17) is 22.1 Å². The molecule has 27 heavy (non-hydrogen) atoms. The van der Waals surface area contributed by atoms with E-state index in [1.807, 2.05) is 24.3 Å². The molecular weight excluding hydrogens is 366 g/mol. The van der Waals surface area contributed by atoms with Gasteiger partial charge in [-0.15, -0.1) is 0 Å². The van der Waals surface area contributed by atoms with Gasteiger partial charge in [0.05, 0.1) is 23.8 Å². The molecule has 0 unspecified atom stereocenters. The van der Waals surface area contributed by atoms with Crippen LogP contribution in [0.5, 0.6) is 0 Å². The van der Waals surface area contributed by atoms with Crippen LogP contribution in [0.1, 0.15) is 22.3 Å². The number of morpholine rings is 1. The second-order valence-corrected chi connectivity index (χ2v) is 6.75. The number of hydrogen-bond acceptors (Lipinski definition) is 4. The number of nitrogen functional groups attached to an aromatic ring is 1. The van der Waals surface area contributed by atoms with E-state index in [9.17, 15) is 9.59 Å². The highest BCUT2D eigenvalue weighted by Gasteiger charge is 2.21. The first-order valence-corrected chi connectivity index (χ1v) is 9.22. The van der Waals surface area contributed by atoms with Gasteiger partial charge < -0.3 is 20.7 Å². The molecular formula is C20H22ClN3O3. The fourth-order valence-electron chi connectivity index (χ4n) is 2.94. The highest BCUT2D eigenvalue weighted by Crippen LogP contribution is 2.23. The SMILES string of the molecule is Nc1ccccc1CCC(=O)Nc1ccc(C(=O)N2CCOCC2)c(Cl)c1. The van der Waals surface area contributed by atoms with Crippen LogP contribution in [-0.2, 0) is 16.0 Å². The Morgan fingerprint density at radius 1 is 1.15 bits per heavy atom. The number of carbonyl (C=O) groups is 2. The third-order valence-corrected chi connectivity index (χ3v) is 4.77. The molecule has 142 valence electrons. The topological polar surface area (TPSA) is 84.7 Å². The molecule has 1 saturated heterocycles. The van der Waals surface area contributed by atoms with Crippen LogP contribution in [-0.4, -0.2) is 43.0 Å². The van der Waals surface area contributed by atoms with Crippen LogP contribution in [0.3, 0.4) is 0 Å². The van der Waals surface area contributed by atoms with Crippen LogP contribution in [0.25, 0.3) is 0 Å². The van der Waals surface area contributed by atoms with E-state index in [2.05, 4.69) is 5.32 Å². The van der Waals surface area contributed by atoms with Crippen molar-refractivity contribution >= 4 is 34.8 Å². The molecule has 1 aliphatic heterocycles. The number of ether oxygens (including phenoxy) is 1. The maximum atomic E-state index is 12.5. The van der Waals surface area contributed by atoms with Gasteiger partial charge in [-0.2, -0.15) is 0 Å². The smallest absolute Gasteiger partial charge is 0.255 e. The second kappa shape index (κ2) is 8.88. The average Bonchev–Trinajstić information content (AvgIpc) is 2.68. The van der Waals surface area contributed by atoms with Crippen molar-refractivity contribution in [2.24, 2.45) is 0 Å². The van der Waals surface area contributed by atoms with Crippen molar-refractivity contribution < 1.29 is 14.3 Å². The van der Waals surface area contributed by atoms with Crippen molar-refractivity contribution in [3.63, 3.8) is 0 Å². The lowest BCUT2D eigenvalue weighted by Gasteiger charge is -2.27. The van der Waals surface area contributed by atoms with Gasteiger partial charge in [-0.1, -0.05) is 29.8 Å². The zero-order chi connectivity index (χ0) is 19.2. The lowest BCUT2D eigenvalue weighted by atomic mass is 10.1. The summed E-state index contributed by atoms with van der Waals surface area (Å²) in [5, 5.41) is 3.13. The summed E-state index contributed by atoms with van der Waals surface area (Å²) >= 11 is 6.27. The number of halogens is 1. The van der Waals surface area contributed by atoms with Gasteiger partial charge >= 0.3 is 0 Å². The molecule has 1 heterocycles. The van der Waals surface area contributed by atoms with E-state index < -0.39 is 0 Å². The third-order valence-electron chi connectivity index (χ3n) is 4.46. The summed E-state index contributed by atoms with van der Waals surface area (Å²) in [7, 11) is 0. The first-order chi connectivity index (χ1) is 13.0. The number of nitrogens with two attached hydrogens (primary N) is 1. The monoisotopic (exact) mass is 387 g/mol. The molecule has 0 aliphatic carbocycles. The molecule has 0 bridgehead atoms. The number of aryl methyl sites for hydroxylation is 1. The predicted octanol–water partition coefficient (Wildman–Crippen LogP) is 2.97. The summed E-state index contributed by atoms with van der Waals surface area (Å²) in [5.41, 5.74) is 8.50. The summed E-state index contributed by atoms with van der Waals surface area (Å²) < 4.78 is 5.26. The molecule has 0 spiro atoms. The Morgan fingerprint density at radius 3 is 2.59 bits per heavy atom. The van der Waals surface area contributed by atoms with Crippen LogP contribution < -0.4 is 11.1 Å². The minimum absolute atomic E-state index is 0.124. The Labute approximate surface area is 163 Å². The highest BCUT2D eigenvalue weighted by atomic mass is 35.5. The lowest BCUT2D eigenvalue weighted by molar-refractivity contribution is -0.116. The Morgan fingerprint density at radius 2 is 1.89 bits per heavy atom. The van der Waals surface area contributed by atoms with Crippen molar-refractivity contribution in [1.29, 1.82) is 0 Å². The maximum Gasteiger partial charge on any atom is 0.255 e. The molecule has 0 aromatic heterocycles. The molecule has 2 aromatic rings. The van der Waals surface area contributed by atoms with Gasteiger partial charge in [0.25, 0.3) is 5.91 Å². The van der Waals surface area contributed by atoms with E-state index in [0.717, 1.165) is 5.56 Å². The molecule has 7 heteroatoms. The largest absolute Gasteiger partial charge is 0.399 e. The summed E-state index contributed by atoms with van der Waals surface area (Å²) in [6.45, 7) is 2.17. The van der Waals surface area contributed by atoms with Crippen LogP contribution in [0.4, 0.5) is 11.4 Å². The van der Waals surface area contributed by atoms with Crippen molar-refractivity contribution in [2.75, 3.05) is 37.4 Å². The summed E-state index contributed by atoms with van der Waals surface area (Å²) in [4.78, 5) is 26.4. The van der Waals surface area contributed by atoms with Crippen molar-refractivity contribution in [2.45, 2.75) is 12.8 Å². The van der Waals surface area contributed by atoms with Gasteiger partial charge in [0.1, 0.15) is 0 Å². The first kappa shape index (κ1) is 19.2. The molecule has 1 aliphatic rings. The molecule has 3 rings (SSSR count). The van der Waals surface area contributed by atoms with Crippen LogP contribution in [0, 0.1) is 0 Å². The number of hydrogen-bond donors (Lipinski definition) is 2. The number of nitrogens with zero attached hydrogens (tertiary/aromatic N) is 1. The second-order valence-electron chi connectivity index (χ2n) is 6.35. The molecule has 2 aromatic carbocycles.